The second kappa shape index (κ2) is 9.69. The van der Waals surface area contributed by atoms with Gasteiger partial charge < -0.3 is 24.8 Å². The minimum absolute atomic E-state index is 0. The van der Waals surface area contributed by atoms with Crippen molar-refractivity contribution in [1.29, 1.82) is 0 Å². The second-order valence-electron chi connectivity index (χ2n) is 11.7. The van der Waals surface area contributed by atoms with E-state index < -0.39 is 63.6 Å². The molecule has 2 saturated carbocycles. The van der Waals surface area contributed by atoms with Gasteiger partial charge >= 0.3 is 5.97 Å². The Morgan fingerprint density at radius 1 is 1.20 bits per heavy atom. The SMILES string of the molecule is C=C[C@@]1(C)CC(=O)[C@]2(O)C3(C)C(C(O)C(OC(=O)CN(CC)CC)[C@@]2(C)O1)C(C)(C)CC[C@@H]3O.Cl. The molecule has 1 aliphatic heterocycles. The molecule has 3 aliphatic rings. The molecule has 1 saturated heterocycles. The van der Waals surface area contributed by atoms with Gasteiger partial charge in [-0.05, 0) is 45.2 Å². The highest BCUT2D eigenvalue weighted by atomic mass is 35.5. The molecule has 35 heavy (non-hydrogen) atoms. The van der Waals surface area contributed by atoms with E-state index in [1.807, 2.05) is 32.6 Å². The first-order valence-electron chi connectivity index (χ1n) is 12.4. The molecule has 0 bridgehead atoms. The Labute approximate surface area is 215 Å². The van der Waals surface area contributed by atoms with Gasteiger partial charge in [0, 0.05) is 17.8 Å². The topological polar surface area (TPSA) is 117 Å². The Bertz CT molecular complexity index is 848. The number of ether oxygens (including phenoxy) is 2. The number of rotatable bonds is 6. The quantitative estimate of drug-likeness (QED) is 0.363. The normalized spacial score (nSPS) is 44.6. The number of nitrogens with zero attached hydrogens (tertiary/aromatic N) is 1. The first-order valence-corrected chi connectivity index (χ1v) is 12.4. The molecule has 9 heteroatoms. The molecule has 202 valence electrons. The van der Waals surface area contributed by atoms with Crippen LogP contribution in [0.4, 0.5) is 0 Å². The number of esters is 1. The van der Waals surface area contributed by atoms with Crippen LogP contribution in [-0.2, 0) is 19.1 Å². The Morgan fingerprint density at radius 2 is 1.77 bits per heavy atom. The summed E-state index contributed by atoms with van der Waals surface area (Å²) in [6.45, 7) is 17.7. The minimum atomic E-state index is -2.20. The van der Waals surface area contributed by atoms with Gasteiger partial charge in [-0.3, -0.25) is 14.5 Å². The largest absolute Gasteiger partial charge is 0.455 e. The van der Waals surface area contributed by atoms with Gasteiger partial charge in [0.05, 0.1) is 24.4 Å². The highest BCUT2D eigenvalue weighted by Crippen LogP contribution is 2.67. The summed E-state index contributed by atoms with van der Waals surface area (Å²) in [5, 5.41) is 35.5. The van der Waals surface area contributed by atoms with Gasteiger partial charge in [0.15, 0.2) is 17.5 Å². The van der Waals surface area contributed by atoms with Crippen LogP contribution in [-0.4, -0.2) is 86.7 Å². The molecule has 8 nitrogen and oxygen atoms in total. The number of hydrogen-bond acceptors (Lipinski definition) is 8. The smallest absolute Gasteiger partial charge is 0.320 e. The van der Waals surface area contributed by atoms with Crippen LogP contribution in [0, 0.1) is 16.7 Å². The number of Topliss-reactive ketones (excluding diaryl/α,β-unsaturated/α-hetero) is 1. The van der Waals surface area contributed by atoms with Gasteiger partial charge in [0.1, 0.15) is 5.60 Å². The first kappa shape index (κ1) is 30.2. The van der Waals surface area contributed by atoms with E-state index >= 15 is 0 Å². The molecule has 3 N–H and O–H groups in total. The Balaban J connectivity index is 0.00000432. The predicted octanol–water partition coefficient (Wildman–Crippen LogP) is 2.26. The van der Waals surface area contributed by atoms with Crippen LogP contribution in [0.25, 0.3) is 0 Å². The third-order valence-electron chi connectivity index (χ3n) is 9.23. The molecule has 0 spiro atoms. The molecule has 1 heterocycles. The van der Waals surface area contributed by atoms with Crippen molar-refractivity contribution in [3.63, 3.8) is 0 Å². The molecule has 0 aromatic heterocycles. The number of ketones is 1. The monoisotopic (exact) mass is 517 g/mol. The van der Waals surface area contributed by atoms with Gasteiger partial charge in [-0.1, -0.05) is 40.7 Å². The summed E-state index contributed by atoms with van der Waals surface area (Å²) in [6.07, 6.45) is -1.37. The zero-order chi connectivity index (χ0) is 25.9. The third-order valence-corrected chi connectivity index (χ3v) is 9.23. The zero-order valence-corrected chi connectivity index (χ0v) is 23.0. The Hall–Kier alpha value is -1.03. The van der Waals surface area contributed by atoms with Crippen molar-refractivity contribution < 1.29 is 34.4 Å². The molecule has 3 rings (SSSR count). The summed E-state index contributed by atoms with van der Waals surface area (Å²) in [5.41, 5.74) is -7.13. The van der Waals surface area contributed by atoms with E-state index in [1.165, 1.54) is 13.0 Å². The maximum Gasteiger partial charge on any atom is 0.320 e. The van der Waals surface area contributed by atoms with E-state index in [-0.39, 0.29) is 25.4 Å². The number of carbonyl (C=O) groups is 2. The zero-order valence-electron chi connectivity index (χ0n) is 22.2. The van der Waals surface area contributed by atoms with E-state index in [9.17, 15) is 24.9 Å². The number of halogens is 1. The first-order chi connectivity index (χ1) is 15.6. The van der Waals surface area contributed by atoms with Crippen molar-refractivity contribution in [2.75, 3.05) is 19.6 Å². The Kier molecular flexibility index (Phi) is 8.36. The average Bonchev–Trinajstić information content (AvgIpc) is 2.75. The lowest BCUT2D eigenvalue weighted by Gasteiger charge is -2.71. The van der Waals surface area contributed by atoms with Crippen molar-refractivity contribution in [2.45, 2.75) is 103 Å². The van der Waals surface area contributed by atoms with Gasteiger partial charge in [-0.15, -0.1) is 19.0 Å². The summed E-state index contributed by atoms with van der Waals surface area (Å²) in [4.78, 5) is 28.7. The molecule has 3 fully saturated rings. The fraction of sp³-hybridized carbons (Fsp3) is 0.846. The summed E-state index contributed by atoms with van der Waals surface area (Å²) in [7, 11) is 0. The lowest BCUT2D eigenvalue weighted by Crippen LogP contribution is -2.86. The van der Waals surface area contributed by atoms with Crippen LogP contribution in [0.3, 0.4) is 0 Å². The standard InChI is InChI=1S/C26H43NO7.ClH/c1-9-23(6)14-17(29)26(32)24(7)16(28)12-13-22(4,5)20(24)19(31)21(25(26,8)34-23)33-18(30)15-27(10-2)11-3;/h9,16,19-21,28,31-32H,1,10-15H2,2-8H3;1H/t16-,19?,20?,21?,23-,24?,25+,26-;/m0./s1. The number of fused-ring (bicyclic) bond motifs is 3. The predicted molar refractivity (Wildman–Crippen MR) is 134 cm³/mol. The molecule has 0 radical (unpaired) electrons. The number of aliphatic hydroxyl groups excluding tert-OH is 2. The van der Waals surface area contributed by atoms with Gasteiger partial charge in [0.25, 0.3) is 0 Å². The van der Waals surface area contributed by atoms with Crippen molar-refractivity contribution in [3.8, 4) is 0 Å². The fourth-order valence-electron chi connectivity index (χ4n) is 7.29. The van der Waals surface area contributed by atoms with E-state index in [1.54, 1.807) is 13.8 Å². The Morgan fingerprint density at radius 3 is 2.29 bits per heavy atom. The van der Waals surface area contributed by atoms with Crippen LogP contribution >= 0.6 is 12.4 Å². The molecule has 8 atom stereocenters. The maximum atomic E-state index is 13.8. The molecular formula is C26H44ClNO7. The number of carbonyl (C=O) groups excluding carboxylic acids is 2. The van der Waals surface area contributed by atoms with Crippen molar-refractivity contribution in [3.05, 3.63) is 12.7 Å². The van der Waals surface area contributed by atoms with Crippen LogP contribution in [0.1, 0.15) is 67.7 Å². The average molecular weight is 518 g/mol. The summed E-state index contributed by atoms with van der Waals surface area (Å²) >= 11 is 0. The second-order valence-corrected chi connectivity index (χ2v) is 11.7. The van der Waals surface area contributed by atoms with Crippen molar-refractivity contribution in [2.24, 2.45) is 16.7 Å². The van der Waals surface area contributed by atoms with Gasteiger partial charge in [0.2, 0.25) is 0 Å². The highest BCUT2D eigenvalue weighted by molar-refractivity contribution is 5.92. The van der Waals surface area contributed by atoms with E-state index in [4.69, 9.17) is 9.47 Å². The van der Waals surface area contributed by atoms with Crippen LogP contribution in [0.5, 0.6) is 0 Å². The summed E-state index contributed by atoms with van der Waals surface area (Å²) in [5.74, 6) is -1.81. The molecule has 0 amide bonds. The van der Waals surface area contributed by atoms with E-state index in [2.05, 4.69) is 6.58 Å². The summed E-state index contributed by atoms with van der Waals surface area (Å²) < 4.78 is 12.3. The van der Waals surface area contributed by atoms with Crippen molar-refractivity contribution >= 4 is 24.2 Å². The van der Waals surface area contributed by atoms with Gasteiger partial charge in [-0.25, -0.2) is 0 Å². The molecule has 2 aliphatic carbocycles. The number of likely N-dealkylation sites (N-methyl/N-ethyl adjacent to an activating group) is 1. The van der Waals surface area contributed by atoms with Crippen LogP contribution in [0.15, 0.2) is 12.7 Å². The highest BCUT2D eigenvalue weighted by Gasteiger charge is 2.81. The van der Waals surface area contributed by atoms with E-state index in [0.29, 0.717) is 25.9 Å². The fourth-order valence-corrected chi connectivity index (χ4v) is 7.29. The number of aliphatic hydroxyl groups is 3. The summed E-state index contributed by atoms with van der Waals surface area (Å²) in [6, 6.07) is 0. The van der Waals surface area contributed by atoms with Crippen LogP contribution < -0.4 is 0 Å². The third kappa shape index (κ3) is 4.18. The lowest BCUT2D eigenvalue weighted by molar-refractivity contribution is -0.370. The molecule has 0 aromatic rings. The minimum Gasteiger partial charge on any atom is -0.455 e. The molecular weight excluding hydrogens is 474 g/mol. The maximum absolute atomic E-state index is 13.8. The molecule has 0 aromatic carbocycles. The van der Waals surface area contributed by atoms with Crippen LogP contribution in [0.2, 0.25) is 0 Å². The lowest BCUT2D eigenvalue weighted by atomic mass is 9.40. The van der Waals surface area contributed by atoms with E-state index in [0.717, 1.165) is 0 Å². The van der Waals surface area contributed by atoms with Gasteiger partial charge in [-0.2, -0.15) is 0 Å². The number of hydrogen-bond donors (Lipinski definition) is 3. The van der Waals surface area contributed by atoms with Crippen molar-refractivity contribution in [1.82, 2.24) is 4.90 Å². The molecule has 4 unspecified atom stereocenters.